The average Bonchev–Trinajstić information content (AvgIpc) is 2.72. The van der Waals surface area contributed by atoms with E-state index in [9.17, 15) is 13.6 Å². The number of carbonyl (C=O) groups is 1. The Labute approximate surface area is 175 Å². The monoisotopic (exact) mass is 446 g/mol. The number of ether oxygens (including phenoxy) is 3. The van der Waals surface area contributed by atoms with Gasteiger partial charge >= 0.3 is 0 Å². The molecule has 29 heavy (non-hydrogen) atoms. The second-order valence-corrected chi connectivity index (χ2v) is 7.11. The van der Waals surface area contributed by atoms with Crippen molar-refractivity contribution in [1.82, 2.24) is 4.98 Å². The molecule has 0 aliphatic carbocycles. The van der Waals surface area contributed by atoms with Crippen molar-refractivity contribution in [3.05, 3.63) is 39.5 Å². The molecule has 1 aromatic carbocycles. The van der Waals surface area contributed by atoms with Crippen LogP contribution in [0.1, 0.15) is 29.8 Å². The van der Waals surface area contributed by atoms with Gasteiger partial charge in [0.1, 0.15) is 18.0 Å². The van der Waals surface area contributed by atoms with Crippen molar-refractivity contribution in [2.24, 2.45) is 0 Å². The van der Waals surface area contributed by atoms with Gasteiger partial charge in [-0.1, -0.05) is 23.2 Å². The predicted octanol–water partition coefficient (Wildman–Crippen LogP) is 4.65. The van der Waals surface area contributed by atoms with Crippen LogP contribution < -0.4 is 10.5 Å². The molecule has 1 aromatic heterocycles. The molecule has 3 rings (SSSR count). The van der Waals surface area contributed by atoms with Gasteiger partial charge in [-0.05, 0) is 31.4 Å². The summed E-state index contributed by atoms with van der Waals surface area (Å²) in [5, 5.41) is -0.376. The maximum absolute atomic E-state index is 14.7. The van der Waals surface area contributed by atoms with Crippen molar-refractivity contribution < 1.29 is 27.8 Å². The third kappa shape index (κ3) is 4.45. The number of nitrogens with two attached hydrogens (primary N) is 1. The van der Waals surface area contributed by atoms with Crippen LogP contribution in [0.2, 0.25) is 10.0 Å². The third-order valence-electron chi connectivity index (χ3n) is 4.42. The quantitative estimate of drug-likeness (QED) is 0.650. The molecule has 2 aromatic rings. The first kappa shape index (κ1) is 21.7. The lowest BCUT2D eigenvalue weighted by Crippen LogP contribution is -2.25. The number of hydrogen-bond donors (Lipinski definition) is 1. The molecule has 0 radical (unpaired) electrons. The van der Waals surface area contributed by atoms with Gasteiger partial charge in [-0.3, -0.25) is 4.79 Å². The first-order valence-corrected chi connectivity index (χ1v) is 9.54. The van der Waals surface area contributed by atoms with Gasteiger partial charge in [0.05, 0.1) is 22.8 Å². The van der Waals surface area contributed by atoms with Crippen LogP contribution in [-0.2, 0) is 9.47 Å². The molecule has 2 heterocycles. The highest BCUT2D eigenvalue weighted by molar-refractivity contribution is 6.36. The van der Waals surface area contributed by atoms with Gasteiger partial charge in [-0.25, -0.2) is 13.8 Å². The third-order valence-corrected chi connectivity index (χ3v) is 5.10. The maximum atomic E-state index is 14.7. The van der Waals surface area contributed by atoms with Gasteiger partial charge in [0.2, 0.25) is 5.78 Å². The fourth-order valence-electron chi connectivity index (χ4n) is 2.91. The molecule has 1 unspecified atom stereocenters. The number of benzene rings is 1. The Balaban J connectivity index is 1.96. The van der Waals surface area contributed by atoms with Crippen molar-refractivity contribution in [3.63, 3.8) is 0 Å². The number of nitrogen functional groups attached to an aromatic ring is 1. The molecule has 1 fully saturated rings. The lowest BCUT2D eigenvalue weighted by atomic mass is 10.1. The number of carbonyl (C=O) groups excluding carboxylic acids is 1. The summed E-state index contributed by atoms with van der Waals surface area (Å²) < 4.78 is 45.2. The highest BCUT2D eigenvalue weighted by atomic mass is 35.5. The van der Waals surface area contributed by atoms with Crippen molar-refractivity contribution in [1.29, 1.82) is 0 Å². The number of nitrogens with zero attached hydrogens (tertiary/aromatic N) is 1. The van der Waals surface area contributed by atoms with Crippen LogP contribution in [0.4, 0.5) is 14.5 Å². The Kier molecular flexibility index (Phi) is 6.89. The highest BCUT2D eigenvalue weighted by Gasteiger charge is 2.26. The van der Waals surface area contributed by atoms with Gasteiger partial charge in [0, 0.05) is 12.2 Å². The van der Waals surface area contributed by atoms with Crippen LogP contribution in [-0.4, -0.2) is 37.4 Å². The van der Waals surface area contributed by atoms with E-state index in [1.54, 1.807) is 0 Å². The lowest BCUT2D eigenvalue weighted by Gasteiger charge is -2.22. The molecular formula is C19H18Cl2F2N2O4. The molecule has 0 amide bonds. The number of Topliss-reactive ketones (excluding diaryl/α,β-unsaturated/α-hetero) is 1. The smallest absolute Gasteiger partial charge is 0.208 e. The fourth-order valence-corrected chi connectivity index (χ4v) is 3.36. The second kappa shape index (κ2) is 9.21. The normalized spacial score (nSPS) is 16.7. The van der Waals surface area contributed by atoms with Crippen LogP contribution in [0, 0.1) is 11.6 Å². The minimum Gasteiger partial charge on any atom is -0.492 e. The number of pyridine rings is 1. The Hall–Kier alpha value is -2.00. The summed E-state index contributed by atoms with van der Waals surface area (Å²) in [6, 6.07) is 2.52. The first-order chi connectivity index (χ1) is 13.8. The van der Waals surface area contributed by atoms with Gasteiger partial charge in [0.15, 0.2) is 23.7 Å². The summed E-state index contributed by atoms with van der Waals surface area (Å²) in [5.74, 6) is -2.94. The van der Waals surface area contributed by atoms with Gasteiger partial charge < -0.3 is 19.9 Å². The first-order valence-electron chi connectivity index (χ1n) is 8.78. The minimum atomic E-state index is -1.06. The number of aromatic nitrogens is 1. The van der Waals surface area contributed by atoms with Crippen molar-refractivity contribution in [3.8, 4) is 17.0 Å². The zero-order valence-electron chi connectivity index (χ0n) is 15.4. The molecule has 6 nitrogen and oxygen atoms in total. The van der Waals surface area contributed by atoms with E-state index in [0.717, 1.165) is 12.8 Å². The van der Waals surface area contributed by atoms with Gasteiger partial charge in [-0.15, -0.1) is 0 Å². The van der Waals surface area contributed by atoms with Crippen LogP contribution in [0.5, 0.6) is 5.75 Å². The average molecular weight is 447 g/mol. The maximum Gasteiger partial charge on any atom is 0.208 e. The Morgan fingerprint density at radius 2 is 2.07 bits per heavy atom. The molecule has 156 valence electrons. The summed E-state index contributed by atoms with van der Waals surface area (Å²) in [7, 11) is 1.22. The van der Waals surface area contributed by atoms with E-state index in [1.165, 1.54) is 19.2 Å². The molecular weight excluding hydrogens is 429 g/mol. The zero-order chi connectivity index (χ0) is 21.1. The van der Waals surface area contributed by atoms with Crippen LogP contribution >= 0.6 is 23.2 Å². The molecule has 1 atom stereocenters. The zero-order valence-corrected chi connectivity index (χ0v) is 16.9. The van der Waals surface area contributed by atoms with E-state index < -0.39 is 41.7 Å². The fraction of sp³-hybridized carbons (Fsp3) is 0.368. The summed E-state index contributed by atoms with van der Waals surface area (Å²) in [5.41, 5.74) is 4.08. The topological polar surface area (TPSA) is 83.7 Å². The number of ketones is 1. The van der Waals surface area contributed by atoms with Crippen molar-refractivity contribution in [2.45, 2.75) is 25.6 Å². The van der Waals surface area contributed by atoms with E-state index >= 15 is 0 Å². The molecule has 1 aliphatic heterocycles. The molecule has 2 N–H and O–H groups in total. The van der Waals surface area contributed by atoms with E-state index in [4.69, 9.17) is 43.1 Å². The molecule has 1 aliphatic rings. The number of methoxy groups -OCH3 is 1. The van der Waals surface area contributed by atoms with E-state index in [0.29, 0.717) is 13.0 Å². The second-order valence-electron chi connectivity index (χ2n) is 6.32. The van der Waals surface area contributed by atoms with E-state index in [-0.39, 0.29) is 27.1 Å². The van der Waals surface area contributed by atoms with Crippen LogP contribution in [0.15, 0.2) is 12.1 Å². The Morgan fingerprint density at radius 3 is 2.72 bits per heavy atom. The van der Waals surface area contributed by atoms with Crippen molar-refractivity contribution >= 4 is 34.7 Å². The molecule has 1 saturated heterocycles. The van der Waals surface area contributed by atoms with Crippen LogP contribution in [0.3, 0.4) is 0 Å². The van der Waals surface area contributed by atoms with E-state index in [1.807, 2.05) is 0 Å². The SMILES string of the molecule is COc1c(Cl)ccc(-c2nc(C(=O)COC3CCCCO3)c(Cl)c(N)c2F)c1F. The summed E-state index contributed by atoms with van der Waals surface area (Å²) in [6.07, 6.45) is 1.99. The van der Waals surface area contributed by atoms with E-state index in [2.05, 4.69) is 4.98 Å². The Morgan fingerprint density at radius 1 is 1.31 bits per heavy atom. The predicted molar refractivity (Wildman–Crippen MR) is 104 cm³/mol. The number of anilines is 1. The summed E-state index contributed by atoms with van der Waals surface area (Å²) in [4.78, 5) is 16.5. The number of hydrogen-bond acceptors (Lipinski definition) is 6. The van der Waals surface area contributed by atoms with Gasteiger partial charge in [-0.2, -0.15) is 0 Å². The molecule has 0 saturated carbocycles. The standard InChI is InChI=1S/C19H18Cl2F2N2O4/c1-27-19-10(20)6-5-9(14(19)22)17-15(23)16(24)13(21)18(25-17)11(26)8-29-12-4-2-3-7-28-12/h5-6,12H,2-4,7-8H2,1H3,(H2,24,25). The minimum absolute atomic E-state index is 0.00623. The van der Waals surface area contributed by atoms with Crippen molar-refractivity contribution in [2.75, 3.05) is 26.1 Å². The Bertz CT molecular complexity index is 937. The van der Waals surface area contributed by atoms with Gasteiger partial charge in [0.25, 0.3) is 0 Å². The molecule has 0 bridgehead atoms. The number of rotatable bonds is 6. The summed E-state index contributed by atoms with van der Waals surface area (Å²) >= 11 is 11.9. The lowest BCUT2D eigenvalue weighted by molar-refractivity contribution is -0.155. The largest absolute Gasteiger partial charge is 0.492 e. The van der Waals surface area contributed by atoms with Crippen LogP contribution in [0.25, 0.3) is 11.3 Å². The molecule has 10 heteroatoms. The molecule has 0 spiro atoms. The number of halogens is 4. The highest BCUT2D eigenvalue weighted by Crippen LogP contribution is 2.38. The summed E-state index contributed by atoms with van der Waals surface area (Å²) in [6.45, 7) is 0.150.